The Morgan fingerprint density at radius 3 is 2.83 bits per heavy atom. The maximum absolute atomic E-state index is 12.7. The van der Waals surface area contributed by atoms with Gasteiger partial charge in [-0.2, -0.15) is 11.8 Å². The molecule has 0 unspecified atom stereocenters. The molecule has 0 aromatic heterocycles. The minimum atomic E-state index is -0.237. The third-order valence-corrected chi connectivity index (χ3v) is 5.78. The monoisotopic (exact) mass is 283 g/mol. The minimum absolute atomic E-state index is 0.220. The molecule has 2 saturated heterocycles. The Morgan fingerprint density at radius 2 is 2.22 bits per heavy atom. The molecule has 2 nitrogen and oxygen atoms in total. The topological polar surface area (TPSA) is 20.3 Å². The number of benzene rings is 1. The lowest BCUT2D eigenvalue weighted by Gasteiger charge is -2.26. The van der Waals surface area contributed by atoms with Crippen LogP contribution < -0.4 is 0 Å². The minimum Gasteiger partial charge on any atom is -0.337 e. The van der Waals surface area contributed by atoms with Crippen LogP contribution in [0.5, 0.6) is 0 Å². The molecule has 3 rings (SSSR count). The Balaban J connectivity index is 1.54. The van der Waals surface area contributed by atoms with Gasteiger partial charge in [-0.3, -0.25) is 4.79 Å². The lowest BCUT2D eigenvalue weighted by atomic mass is 10.2. The van der Waals surface area contributed by atoms with E-state index in [2.05, 4.69) is 0 Å². The van der Waals surface area contributed by atoms with Crippen LogP contribution in [-0.2, 0) is 4.79 Å². The molecule has 0 aliphatic carbocycles. The second kappa shape index (κ2) is 5.13. The van der Waals surface area contributed by atoms with E-state index in [0.29, 0.717) is 17.0 Å². The highest BCUT2D eigenvalue weighted by molar-refractivity contribution is 8.00. The molecule has 1 aromatic rings. The molecule has 0 N–H and O–H groups in total. The molecule has 2 aliphatic heterocycles. The Bertz CT molecular complexity index is 451. The highest BCUT2D eigenvalue weighted by Crippen LogP contribution is 2.37. The summed E-state index contributed by atoms with van der Waals surface area (Å²) in [6, 6.07) is 6.77. The molecular weight excluding hydrogens is 269 g/mol. The average molecular weight is 283 g/mol. The van der Waals surface area contributed by atoms with Gasteiger partial charge in [0.2, 0.25) is 5.91 Å². The van der Waals surface area contributed by atoms with E-state index >= 15 is 0 Å². The number of hydrogen-bond acceptors (Lipinski definition) is 3. The van der Waals surface area contributed by atoms with Crippen LogP contribution in [0.15, 0.2) is 29.2 Å². The van der Waals surface area contributed by atoms with Crippen molar-refractivity contribution in [2.75, 3.05) is 18.1 Å². The van der Waals surface area contributed by atoms with Gasteiger partial charge in [0.1, 0.15) is 5.82 Å². The van der Waals surface area contributed by atoms with E-state index in [1.54, 1.807) is 12.1 Å². The highest BCUT2D eigenvalue weighted by Gasteiger charge is 2.40. The van der Waals surface area contributed by atoms with E-state index in [1.165, 1.54) is 23.9 Å². The first-order chi connectivity index (χ1) is 8.72. The van der Waals surface area contributed by atoms with E-state index in [-0.39, 0.29) is 11.7 Å². The van der Waals surface area contributed by atoms with Gasteiger partial charge >= 0.3 is 0 Å². The van der Waals surface area contributed by atoms with E-state index in [0.717, 1.165) is 23.6 Å². The number of fused-ring (bicyclic) bond motifs is 2. The van der Waals surface area contributed by atoms with E-state index in [4.69, 9.17) is 0 Å². The summed E-state index contributed by atoms with van der Waals surface area (Å²) in [4.78, 5) is 15.1. The van der Waals surface area contributed by atoms with Crippen LogP contribution in [0.25, 0.3) is 0 Å². The van der Waals surface area contributed by atoms with E-state index < -0.39 is 0 Å². The van der Waals surface area contributed by atoms with E-state index in [1.807, 2.05) is 16.7 Å². The van der Waals surface area contributed by atoms with Crippen molar-refractivity contribution in [3.63, 3.8) is 0 Å². The Morgan fingerprint density at radius 1 is 1.44 bits per heavy atom. The third-order valence-electron chi connectivity index (χ3n) is 3.40. The van der Waals surface area contributed by atoms with Gasteiger partial charge in [0, 0.05) is 28.5 Å². The van der Waals surface area contributed by atoms with Gasteiger partial charge in [0.25, 0.3) is 0 Å². The van der Waals surface area contributed by atoms with Crippen molar-refractivity contribution in [3.8, 4) is 0 Å². The van der Waals surface area contributed by atoms with Gasteiger partial charge in [-0.25, -0.2) is 4.39 Å². The maximum atomic E-state index is 12.7. The standard InChI is InChI=1S/C13H14FNOS2/c14-9-1-3-11(4-2-9)18-8-13(16)15-6-12-5-10(15)7-17-12/h1-4,10,12H,5-8H2/t10-,12+/m0/s1. The molecule has 0 spiro atoms. The molecule has 0 saturated carbocycles. The van der Waals surface area contributed by atoms with Crippen LogP contribution >= 0.6 is 23.5 Å². The number of thioether (sulfide) groups is 2. The van der Waals surface area contributed by atoms with Crippen LogP contribution in [0, 0.1) is 5.82 Å². The highest BCUT2D eigenvalue weighted by atomic mass is 32.2. The van der Waals surface area contributed by atoms with Crippen LogP contribution in [0.1, 0.15) is 6.42 Å². The fourth-order valence-electron chi connectivity index (χ4n) is 2.46. The SMILES string of the molecule is O=C(CSc1ccc(F)cc1)N1C[C@H]2C[C@H]1CS2. The molecule has 5 heteroatoms. The fourth-order valence-corrected chi connectivity index (χ4v) is 4.68. The van der Waals surface area contributed by atoms with Gasteiger partial charge in [0.15, 0.2) is 0 Å². The van der Waals surface area contributed by atoms with Crippen molar-refractivity contribution in [2.45, 2.75) is 22.6 Å². The third kappa shape index (κ3) is 2.52. The number of rotatable bonds is 3. The molecule has 2 heterocycles. The van der Waals surface area contributed by atoms with Crippen molar-refractivity contribution in [3.05, 3.63) is 30.1 Å². The smallest absolute Gasteiger partial charge is 0.233 e. The van der Waals surface area contributed by atoms with Crippen LogP contribution in [-0.4, -0.2) is 40.1 Å². The zero-order chi connectivity index (χ0) is 12.5. The zero-order valence-electron chi connectivity index (χ0n) is 9.84. The van der Waals surface area contributed by atoms with Gasteiger partial charge < -0.3 is 4.90 Å². The lowest BCUT2D eigenvalue weighted by Crippen LogP contribution is -2.40. The molecule has 2 atom stereocenters. The molecule has 96 valence electrons. The fraction of sp³-hybridized carbons (Fsp3) is 0.462. The molecule has 2 bridgehead atoms. The van der Waals surface area contributed by atoms with Crippen LogP contribution in [0.3, 0.4) is 0 Å². The molecule has 2 fully saturated rings. The number of likely N-dealkylation sites (tertiary alicyclic amines) is 1. The first kappa shape index (κ1) is 12.4. The molecule has 1 aromatic carbocycles. The van der Waals surface area contributed by atoms with Gasteiger partial charge in [-0.05, 0) is 30.7 Å². The molecule has 2 aliphatic rings. The van der Waals surface area contributed by atoms with Crippen molar-refractivity contribution >= 4 is 29.4 Å². The summed E-state index contributed by atoms with van der Waals surface area (Å²) >= 11 is 3.47. The largest absolute Gasteiger partial charge is 0.337 e. The Hall–Kier alpha value is -0.680. The number of amides is 1. The summed E-state index contributed by atoms with van der Waals surface area (Å²) in [6.45, 7) is 0.915. The van der Waals surface area contributed by atoms with E-state index in [9.17, 15) is 9.18 Å². The van der Waals surface area contributed by atoms with Crippen molar-refractivity contribution in [2.24, 2.45) is 0 Å². The van der Waals surface area contributed by atoms with Gasteiger partial charge in [0.05, 0.1) is 5.75 Å². The summed E-state index contributed by atoms with van der Waals surface area (Å²) in [5, 5.41) is 0.662. The Kier molecular flexibility index (Phi) is 3.52. The average Bonchev–Trinajstić information content (AvgIpc) is 3.00. The first-order valence-corrected chi connectivity index (χ1v) is 8.05. The molecule has 1 amide bonds. The quantitative estimate of drug-likeness (QED) is 0.795. The maximum Gasteiger partial charge on any atom is 0.233 e. The van der Waals surface area contributed by atoms with Crippen LogP contribution in [0.2, 0.25) is 0 Å². The predicted molar refractivity (Wildman–Crippen MR) is 73.5 cm³/mol. The summed E-state index contributed by atoms with van der Waals surface area (Å²) in [6.07, 6.45) is 1.16. The van der Waals surface area contributed by atoms with Gasteiger partial charge in [-0.15, -0.1) is 11.8 Å². The number of nitrogens with zero attached hydrogens (tertiary/aromatic N) is 1. The lowest BCUT2D eigenvalue weighted by molar-refractivity contribution is -0.128. The molecular formula is C13H14FNOS2. The van der Waals surface area contributed by atoms with Crippen molar-refractivity contribution in [1.29, 1.82) is 0 Å². The summed E-state index contributed by atoms with van der Waals surface area (Å²) in [5.41, 5.74) is 0. The van der Waals surface area contributed by atoms with Crippen molar-refractivity contribution < 1.29 is 9.18 Å². The summed E-state index contributed by atoms with van der Waals surface area (Å²) in [5.74, 6) is 1.54. The number of carbonyl (C=O) groups excluding carboxylic acids is 1. The van der Waals surface area contributed by atoms with Crippen LogP contribution in [0.4, 0.5) is 4.39 Å². The molecule has 18 heavy (non-hydrogen) atoms. The molecule has 0 radical (unpaired) electrons. The number of carbonyl (C=O) groups is 1. The number of hydrogen-bond donors (Lipinski definition) is 0. The number of halogens is 1. The summed E-state index contributed by atoms with van der Waals surface area (Å²) < 4.78 is 12.7. The second-order valence-electron chi connectivity index (χ2n) is 4.63. The predicted octanol–water partition coefficient (Wildman–Crippen LogP) is 2.63. The van der Waals surface area contributed by atoms with Crippen molar-refractivity contribution in [1.82, 2.24) is 4.90 Å². The first-order valence-electron chi connectivity index (χ1n) is 6.02. The normalized spacial score (nSPS) is 25.7. The second-order valence-corrected chi connectivity index (χ2v) is 7.02. The summed E-state index contributed by atoms with van der Waals surface area (Å²) in [7, 11) is 0. The zero-order valence-corrected chi connectivity index (χ0v) is 11.5. The Labute approximate surface area is 114 Å². The van der Waals surface area contributed by atoms with Gasteiger partial charge in [-0.1, -0.05) is 0 Å².